The van der Waals surface area contributed by atoms with Gasteiger partial charge in [0.2, 0.25) is 5.91 Å². The number of nitrogens with zero attached hydrogens (tertiary/aromatic N) is 2. The molecule has 0 bridgehead atoms. The van der Waals surface area contributed by atoms with Crippen LogP contribution in [0.1, 0.15) is 15.9 Å². The third-order valence-corrected chi connectivity index (χ3v) is 6.20. The summed E-state index contributed by atoms with van der Waals surface area (Å²) in [4.78, 5) is 19.6. The molecule has 1 saturated heterocycles. The highest BCUT2D eigenvalue weighted by molar-refractivity contribution is 9.11. The number of rotatable bonds is 4. The van der Waals surface area contributed by atoms with E-state index in [1.165, 1.54) is 4.88 Å². The van der Waals surface area contributed by atoms with Gasteiger partial charge in [-0.2, -0.15) is 0 Å². The van der Waals surface area contributed by atoms with Crippen LogP contribution in [-0.4, -0.2) is 28.1 Å². The van der Waals surface area contributed by atoms with Crippen LogP contribution in [0.4, 0.5) is 0 Å². The van der Waals surface area contributed by atoms with Crippen molar-refractivity contribution in [3.8, 4) is 0 Å². The van der Waals surface area contributed by atoms with Gasteiger partial charge in [-0.15, -0.1) is 23.1 Å². The average molecular weight is 369 g/mol. The van der Waals surface area contributed by atoms with Crippen LogP contribution in [0.25, 0.3) is 0 Å². The van der Waals surface area contributed by atoms with Crippen molar-refractivity contribution in [1.82, 2.24) is 9.88 Å². The Labute approximate surface area is 134 Å². The molecular formula is C14H13BrN2OS2. The molecule has 0 spiro atoms. The molecule has 2 aromatic heterocycles. The number of amides is 1. The second-order valence-electron chi connectivity index (χ2n) is 4.46. The molecule has 6 heteroatoms. The van der Waals surface area contributed by atoms with Crippen LogP contribution in [0.15, 0.2) is 40.3 Å². The minimum Gasteiger partial charge on any atom is -0.325 e. The summed E-state index contributed by atoms with van der Waals surface area (Å²) in [6.07, 6.45) is 2.60. The summed E-state index contributed by atoms with van der Waals surface area (Å²) in [5.41, 5.74) is 1.03. The number of hydrogen-bond donors (Lipinski definition) is 0. The molecule has 20 heavy (non-hydrogen) atoms. The SMILES string of the molecule is O=C1CSC(c2ccc(Br)s2)N1CCc1ccccn1. The van der Waals surface area contributed by atoms with E-state index in [0.29, 0.717) is 5.75 Å². The second-order valence-corrected chi connectivity index (χ2v) is 8.03. The number of aromatic nitrogens is 1. The van der Waals surface area contributed by atoms with Crippen LogP contribution in [0.2, 0.25) is 0 Å². The van der Waals surface area contributed by atoms with Gasteiger partial charge >= 0.3 is 0 Å². The fraction of sp³-hybridized carbons (Fsp3) is 0.286. The Bertz CT molecular complexity index is 602. The standard InChI is InChI=1S/C14H13BrN2OS2/c15-12-5-4-11(20-12)14-17(13(18)9-19-14)8-6-10-3-1-2-7-16-10/h1-5,7,14H,6,8-9H2. The third kappa shape index (κ3) is 3.07. The molecule has 1 unspecified atom stereocenters. The van der Waals surface area contributed by atoms with Crippen LogP contribution in [-0.2, 0) is 11.2 Å². The van der Waals surface area contributed by atoms with Crippen molar-refractivity contribution in [2.45, 2.75) is 11.8 Å². The van der Waals surface area contributed by atoms with Crippen molar-refractivity contribution < 1.29 is 4.79 Å². The number of carbonyl (C=O) groups is 1. The van der Waals surface area contributed by atoms with Crippen LogP contribution < -0.4 is 0 Å². The van der Waals surface area contributed by atoms with E-state index < -0.39 is 0 Å². The molecule has 1 amide bonds. The van der Waals surface area contributed by atoms with Crippen molar-refractivity contribution in [3.05, 3.63) is 50.9 Å². The van der Waals surface area contributed by atoms with Gasteiger partial charge in [0.15, 0.2) is 0 Å². The number of thioether (sulfide) groups is 1. The normalized spacial score (nSPS) is 18.8. The first-order chi connectivity index (χ1) is 9.74. The predicted octanol–water partition coefficient (Wildman–Crippen LogP) is 3.72. The largest absolute Gasteiger partial charge is 0.325 e. The Morgan fingerprint density at radius 2 is 2.25 bits per heavy atom. The summed E-state index contributed by atoms with van der Waals surface area (Å²) in [5, 5.41) is 0.155. The predicted molar refractivity (Wildman–Crippen MR) is 86.9 cm³/mol. The van der Waals surface area contributed by atoms with E-state index in [0.717, 1.165) is 22.4 Å². The summed E-state index contributed by atoms with van der Waals surface area (Å²) in [7, 11) is 0. The summed E-state index contributed by atoms with van der Waals surface area (Å²) in [6.45, 7) is 0.725. The lowest BCUT2D eigenvalue weighted by molar-refractivity contribution is -0.127. The van der Waals surface area contributed by atoms with Crippen LogP contribution in [0.5, 0.6) is 0 Å². The van der Waals surface area contributed by atoms with Crippen LogP contribution in [0.3, 0.4) is 0 Å². The highest BCUT2D eigenvalue weighted by atomic mass is 79.9. The molecule has 1 fully saturated rings. The molecule has 3 nitrogen and oxygen atoms in total. The van der Waals surface area contributed by atoms with Gasteiger partial charge < -0.3 is 4.90 Å². The maximum Gasteiger partial charge on any atom is 0.233 e. The minimum atomic E-state index is 0.155. The minimum absolute atomic E-state index is 0.155. The molecule has 0 radical (unpaired) electrons. The lowest BCUT2D eigenvalue weighted by atomic mass is 10.2. The first-order valence-electron chi connectivity index (χ1n) is 6.30. The highest BCUT2D eigenvalue weighted by Crippen LogP contribution is 2.42. The lowest BCUT2D eigenvalue weighted by Crippen LogP contribution is -2.30. The Morgan fingerprint density at radius 1 is 1.35 bits per heavy atom. The van der Waals surface area contributed by atoms with Crippen molar-refractivity contribution in [2.24, 2.45) is 0 Å². The molecule has 0 aliphatic carbocycles. The van der Waals surface area contributed by atoms with Crippen molar-refractivity contribution >= 4 is 44.9 Å². The zero-order chi connectivity index (χ0) is 13.9. The fourth-order valence-electron chi connectivity index (χ4n) is 2.17. The monoisotopic (exact) mass is 368 g/mol. The number of pyridine rings is 1. The highest BCUT2D eigenvalue weighted by Gasteiger charge is 2.33. The molecule has 3 rings (SSSR count). The summed E-state index contributed by atoms with van der Waals surface area (Å²) in [6, 6.07) is 10.0. The Hall–Kier alpha value is -0.850. The Morgan fingerprint density at radius 3 is 2.95 bits per heavy atom. The van der Waals surface area contributed by atoms with E-state index >= 15 is 0 Å². The molecule has 0 aromatic carbocycles. The number of hydrogen-bond acceptors (Lipinski definition) is 4. The van der Waals surface area contributed by atoms with Crippen LogP contribution >= 0.6 is 39.0 Å². The molecule has 1 aliphatic heterocycles. The number of halogens is 1. The van der Waals surface area contributed by atoms with Crippen LogP contribution in [0, 0.1) is 0 Å². The smallest absolute Gasteiger partial charge is 0.233 e. The molecule has 1 aliphatic rings. The summed E-state index contributed by atoms with van der Waals surface area (Å²) >= 11 is 6.89. The Kier molecular flexibility index (Phi) is 4.43. The quantitative estimate of drug-likeness (QED) is 0.824. The second kappa shape index (κ2) is 6.28. The average Bonchev–Trinajstić information content (AvgIpc) is 3.04. The summed E-state index contributed by atoms with van der Waals surface area (Å²) in [5.74, 6) is 0.794. The van der Waals surface area contributed by atoms with Crippen molar-refractivity contribution in [1.29, 1.82) is 0 Å². The first-order valence-corrected chi connectivity index (χ1v) is 8.96. The topological polar surface area (TPSA) is 33.2 Å². The van der Waals surface area contributed by atoms with Gasteiger partial charge in [0, 0.05) is 29.7 Å². The molecule has 3 heterocycles. The first kappa shape index (κ1) is 14.1. The summed E-state index contributed by atoms with van der Waals surface area (Å²) < 4.78 is 1.11. The third-order valence-electron chi connectivity index (χ3n) is 3.14. The van der Waals surface area contributed by atoms with E-state index in [1.54, 1.807) is 29.3 Å². The fourth-order valence-corrected chi connectivity index (χ4v) is 5.05. The zero-order valence-electron chi connectivity index (χ0n) is 10.7. The van der Waals surface area contributed by atoms with E-state index in [4.69, 9.17) is 0 Å². The molecule has 104 valence electrons. The van der Waals surface area contributed by atoms with Gasteiger partial charge in [-0.1, -0.05) is 6.07 Å². The molecule has 1 atom stereocenters. The molecular weight excluding hydrogens is 356 g/mol. The molecule has 0 N–H and O–H groups in total. The molecule has 0 saturated carbocycles. The zero-order valence-corrected chi connectivity index (χ0v) is 13.9. The van der Waals surface area contributed by atoms with E-state index in [2.05, 4.69) is 27.0 Å². The molecule has 2 aromatic rings. The van der Waals surface area contributed by atoms with Gasteiger partial charge in [-0.25, -0.2) is 0 Å². The van der Waals surface area contributed by atoms with Gasteiger partial charge in [-0.05, 0) is 40.2 Å². The van der Waals surface area contributed by atoms with Gasteiger partial charge in [0.25, 0.3) is 0 Å². The number of thiophene rings is 1. The Balaban J connectivity index is 1.71. The van der Waals surface area contributed by atoms with Crippen molar-refractivity contribution in [3.63, 3.8) is 0 Å². The van der Waals surface area contributed by atoms with Gasteiger partial charge in [-0.3, -0.25) is 9.78 Å². The van der Waals surface area contributed by atoms with E-state index in [-0.39, 0.29) is 11.3 Å². The van der Waals surface area contributed by atoms with Gasteiger partial charge in [0.05, 0.1) is 9.54 Å². The maximum atomic E-state index is 12.1. The maximum absolute atomic E-state index is 12.1. The lowest BCUT2D eigenvalue weighted by Gasteiger charge is -2.22. The van der Waals surface area contributed by atoms with Crippen molar-refractivity contribution in [2.75, 3.05) is 12.3 Å². The number of carbonyl (C=O) groups excluding carboxylic acids is 1. The van der Waals surface area contributed by atoms with E-state index in [9.17, 15) is 4.79 Å². The van der Waals surface area contributed by atoms with E-state index in [1.807, 2.05) is 29.2 Å². The van der Waals surface area contributed by atoms with Gasteiger partial charge in [0.1, 0.15) is 5.37 Å².